The van der Waals surface area contributed by atoms with E-state index in [-0.39, 0.29) is 28.6 Å². The second kappa shape index (κ2) is 14.5. The topological polar surface area (TPSA) is 103 Å². The summed E-state index contributed by atoms with van der Waals surface area (Å²) in [6.45, 7) is 4.31. The van der Waals surface area contributed by atoms with Crippen molar-refractivity contribution >= 4 is 17.5 Å². The van der Waals surface area contributed by atoms with Gasteiger partial charge in [0, 0.05) is 43.0 Å². The van der Waals surface area contributed by atoms with Gasteiger partial charge in [0.2, 0.25) is 0 Å². The van der Waals surface area contributed by atoms with Gasteiger partial charge in [-0.2, -0.15) is 35.5 Å². The summed E-state index contributed by atoms with van der Waals surface area (Å²) in [5, 5.41) is 7.33. The van der Waals surface area contributed by atoms with Gasteiger partial charge in [0.25, 0.3) is 5.91 Å². The zero-order chi connectivity index (χ0) is 29.3. The molecule has 1 fully saturated rings. The first-order valence-electron chi connectivity index (χ1n) is 12.6. The number of ether oxygens (including phenoxy) is 1. The quantitative estimate of drug-likeness (QED) is 0.393. The van der Waals surface area contributed by atoms with Crippen LogP contribution < -0.4 is 10.1 Å². The largest absolute Gasteiger partial charge is 0.434 e. The summed E-state index contributed by atoms with van der Waals surface area (Å²) in [6.07, 6.45) is 0.639. The first-order valence-corrected chi connectivity index (χ1v) is 13.3. The normalized spacial score (nSPS) is 18.2. The summed E-state index contributed by atoms with van der Waals surface area (Å²) in [6, 6.07) is 1.10. The van der Waals surface area contributed by atoms with Crippen molar-refractivity contribution in [2.45, 2.75) is 79.1 Å². The molecule has 0 saturated heterocycles. The van der Waals surface area contributed by atoms with Crippen LogP contribution in [0.25, 0.3) is 11.3 Å². The van der Waals surface area contributed by atoms with Gasteiger partial charge in [-0.15, -0.1) is 0 Å². The van der Waals surface area contributed by atoms with Gasteiger partial charge in [0.15, 0.2) is 5.69 Å². The highest BCUT2D eigenvalue weighted by Gasteiger charge is 2.36. The Morgan fingerprint density at radius 3 is 2.38 bits per heavy atom. The summed E-state index contributed by atoms with van der Waals surface area (Å²) in [7, 11) is 0. The average Bonchev–Trinajstić information content (AvgIpc) is 3.19. The maximum Gasteiger partial charge on any atom is 0.391 e. The first-order chi connectivity index (χ1) is 18.3. The number of alkyl halides is 5. The maximum atomic E-state index is 13.2. The van der Waals surface area contributed by atoms with Gasteiger partial charge in [-0.05, 0) is 38.5 Å². The van der Waals surface area contributed by atoms with Crippen LogP contribution in [0.4, 0.5) is 22.0 Å². The van der Waals surface area contributed by atoms with Crippen molar-refractivity contribution in [3.05, 3.63) is 29.2 Å². The lowest BCUT2D eigenvalue weighted by molar-refractivity contribution is -0.169. The van der Waals surface area contributed by atoms with E-state index in [1.165, 1.54) is 10.9 Å². The lowest BCUT2D eigenvalue weighted by atomic mass is 9.83. The fraction of sp³-hybridized carbons (Fsp3) is 0.640. The third-order valence-corrected chi connectivity index (χ3v) is 6.86. The predicted octanol–water partition coefficient (Wildman–Crippen LogP) is 5.50. The van der Waals surface area contributed by atoms with Crippen LogP contribution in [0.15, 0.2) is 12.3 Å². The van der Waals surface area contributed by atoms with Crippen molar-refractivity contribution in [1.29, 1.82) is 0 Å². The zero-order valence-corrected chi connectivity index (χ0v) is 23.0. The molecule has 14 heteroatoms. The van der Waals surface area contributed by atoms with E-state index in [1.54, 1.807) is 13.8 Å². The Morgan fingerprint density at radius 2 is 1.85 bits per heavy atom. The Kier molecular flexibility index (Phi) is 12.0. The molecule has 1 N–H and O–H groups in total. The van der Waals surface area contributed by atoms with Gasteiger partial charge in [-0.1, -0.05) is 26.7 Å². The first kappa shape index (κ1) is 32.3. The number of aryl methyl sites for hydroxylation is 1. The highest BCUT2D eigenvalue weighted by Crippen LogP contribution is 2.36. The third kappa shape index (κ3) is 9.07. The molecule has 1 amide bonds. The van der Waals surface area contributed by atoms with E-state index >= 15 is 0 Å². The number of carbonyl (C=O) groups is 1. The number of pyridine rings is 1. The molecule has 0 aromatic carbocycles. The molecule has 3 rings (SSSR count). The molecule has 1 aliphatic rings. The second-order valence-electron chi connectivity index (χ2n) is 9.74. The average molecular weight is 581 g/mol. The minimum absolute atomic E-state index is 0.0285. The van der Waals surface area contributed by atoms with Crippen molar-refractivity contribution in [1.82, 2.24) is 20.1 Å². The van der Waals surface area contributed by atoms with E-state index in [4.69, 9.17) is 8.42 Å². The van der Waals surface area contributed by atoms with E-state index in [1.807, 2.05) is 0 Å². The lowest BCUT2D eigenvalue weighted by Gasteiger charge is -2.26. The Balaban J connectivity index is 0.00000170. The number of carbonyl (C=O) groups excluding carboxylic acids is 1. The molecule has 2 aromatic heterocycles. The number of rotatable bonds is 9. The molecule has 2 heterocycles. The highest BCUT2D eigenvalue weighted by molar-refractivity contribution is 7.51. The Hall–Kier alpha value is -2.90. The van der Waals surface area contributed by atoms with E-state index in [9.17, 15) is 26.7 Å². The summed E-state index contributed by atoms with van der Waals surface area (Å²) in [5.41, 5.74) is 1.07. The molecular weight excluding hydrogens is 547 g/mol. The molecule has 2 aromatic rings. The predicted molar refractivity (Wildman–Crippen MR) is 134 cm³/mol. The number of aromatic nitrogens is 3. The molecule has 1 aliphatic carbocycles. The smallest absolute Gasteiger partial charge is 0.391 e. The standard InChI is InChI=1S/C25H33F5N4O2.O2S/c1-5-34-22(16(4)21(33-34)23(35)32-12-17-8-6-14(2)7-9-17)19-13-31-18(10-15(3)25(28,29)30)11-20(19)36-24(26)27;1-3-2/h11,13-15,17,24H,5-10,12H2,1-4H3,(H,32,35);/t14?,15-,17?;/m0./s1. The van der Waals surface area contributed by atoms with Crippen LogP contribution in [0, 0.1) is 24.7 Å². The monoisotopic (exact) mass is 580 g/mol. The fourth-order valence-electron chi connectivity index (χ4n) is 4.58. The van der Waals surface area contributed by atoms with Crippen LogP contribution in [0.1, 0.15) is 68.2 Å². The van der Waals surface area contributed by atoms with Gasteiger partial charge in [-0.3, -0.25) is 14.5 Å². The van der Waals surface area contributed by atoms with Crippen LogP contribution in [0.3, 0.4) is 0 Å². The Morgan fingerprint density at radius 1 is 1.23 bits per heavy atom. The van der Waals surface area contributed by atoms with Crippen LogP contribution in [-0.4, -0.2) is 48.4 Å². The van der Waals surface area contributed by atoms with E-state index in [0.717, 1.165) is 38.7 Å². The summed E-state index contributed by atoms with van der Waals surface area (Å²) < 4.78 is 88.1. The molecule has 39 heavy (non-hydrogen) atoms. The second-order valence-corrected chi connectivity index (χ2v) is 9.88. The molecular formula is C25H33F5N4O4S. The minimum atomic E-state index is -4.44. The van der Waals surface area contributed by atoms with Crippen molar-refractivity contribution in [2.24, 2.45) is 17.8 Å². The maximum absolute atomic E-state index is 13.2. The van der Waals surface area contributed by atoms with Crippen molar-refractivity contribution in [2.75, 3.05) is 6.54 Å². The molecule has 0 bridgehead atoms. The number of hydrogen-bond acceptors (Lipinski definition) is 6. The van der Waals surface area contributed by atoms with Gasteiger partial charge >= 0.3 is 24.4 Å². The molecule has 1 saturated carbocycles. The van der Waals surface area contributed by atoms with E-state index < -0.39 is 36.7 Å². The molecule has 1 atom stereocenters. The number of halogens is 5. The van der Waals surface area contributed by atoms with Gasteiger partial charge in [0.05, 0.1) is 17.2 Å². The third-order valence-electron chi connectivity index (χ3n) is 6.86. The van der Waals surface area contributed by atoms with Gasteiger partial charge in [0.1, 0.15) is 5.75 Å². The minimum Gasteiger partial charge on any atom is -0.434 e. The zero-order valence-electron chi connectivity index (χ0n) is 22.2. The molecule has 0 radical (unpaired) electrons. The molecule has 8 nitrogen and oxygen atoms in total. The number of hydrogen-bond donors (Lipinski definition) is 1. The van der Waals surface area contributed by atoms with Crippen LogP contribution in [0.2, 0.25) is 0 Å². The van der Waals surface area contributed by atoms with Gasteiger partial charge < -0.3 is 10.1 Å². The Labute approximate surface area is 227 Å². The summed E-state index contributed by atoms with van der Waals surface area (Å²) >= 11 is -0.750. The Bertz CT molecular complexity index is 1140. The number of nitrogens with one attached hydrogen (secondary N) is 1. The molecule has 0 aliphatic heterocycles. The SMILES string of the molecule is CCn1nc(C(=O)NCC2CCC(C)CC2)c(C)c1-c1cnc(C[C@H](C)C(F)(F)F)cc1OC(F)F.O=S=O. The summed E-state index contributed by atoms with van der Waals surface area (Å²) in [5.74, 6) is -1.28. The van der Waals surface area contributed by atoms with Crippen LogP contribution in [-0.2, 0) is 24.5 Å². The molecule has 0 spiro atoms. The van der Waals surface area contributed by atoms with Crippen molar-refractivity contribution < 1.29 is 39.9 Å². The summed E-state index contributed by atoms with van der Waals surface area (Å²) in [4.78, 5) is 17.0. The van der Waals surface area contributed by atoms with Crippen LogP contribution in [0.5, 0.6) is 5.75 Å². The van der Waals surface area contributed by atoms with Crippen molar-refractivity contribution in [3.8, 4) is 17.0 Å². The van der Waals surface area contributed by atoms with E-state index in [2.05, 4.69) is 27.1 Å². The number of nitrogens with zero attached hydrogens (tertiary/aromatic N) is 3. The van der Waals surface area contributed by atoms with Crippen LogP contribution >= 0.6 is 0 Å². The van der Waals surface area contributed by atoms with Gasteiger partial charge in [-0.25, -0.2) is 0 Å². The molecule has 218 valence electrons. The van der Waals surface area contributed by atoms with E-state index in [0.29, 0.717) is 36.2 Å². The fourth-order valence-corrected chi connectivity index (χ4v) is 4.58. The highest BCUT2D eigenvalue weighted by atomic mass is 32.1. The van der Waals surface area contributed by atoms with Crippen molar-refractivity contribution in [3.63, 3.8) is 0 Å². The lowest BCUT2D eigenvalue weighted by Crippen LogP contribution is -2.31. The number of amides is 1. The molecule has 0 unspecified atom stereocenters.